The molecule has 1 rings (SSSR count). The lowest BCUT2D eigenvalue weighted by Crippen LogP contribution is -2.02. The number of nitrogens with zero attached hydrogens (tertiary/aromatic N) is 1. The molecule has 0 fully saturated rings. The second-order valence-electron chi connectivity index (χ2n) is 3.98. The zero-order valence-corrected chi connectivity index (χ0v) is 10.9. The molecule has 0 aliphatic heterocycles. The minimum atomic E-state index is -0.549. The zero-order valence-electron chi connectivity index (χ0n) is 10.1. The molecule has 4 heteroatoms. The Hall–Kier alpha value is -1.02. The van der Waals surface area contributed by atoms with Crippen molar-refractivity contribution in [1.29, 1.82) is 5.26 Å². The molecule has 0 aliphatic rings. The Morgan fingerprint density at radius 1 is 1.41 bits per heavy atom. The number of nitriles is 1. The van der Waals surface area contributed by atoms with Gasteiger partial charge in [-0.25, -0.2) is 0 Å². The maximum absolute atomic E-state index is 9.67. The predicted molar refractivity (Wildman–Crippen MR) is 68.8 cm³/mol. The third-order valence-corrected chi connectivity index (χ3v) is 3.70. The van der Waals surface area contributed by atoms with Crippen LogP contribution >= 0.6 is 11.8 Å². The Labute approximate surface area is 106 Å². The largest absolute Gasteiger partial charge is 0.396 e. The van der Waals surface area contributed by atoms with Gasteiger partial charge in [0, 0.05) is 16.8 Å². The highest BCUT2D eigenvalue weighted by Gasteiger charge is 2.12. The van der Waals surface area contributed by atoms with Crippen LogP contribution in [0.4, 0.5) is 0 Å². The zero-order chi connectivity index (χ0) is 12.8. The van der Waals surface area contributed by atoms with Gasteiger partial charge in [-0.05, 0) is 31.0 Å². The quantitative estimate of drug-likeness (QED) is 0.789. The van der Waals surface area contributed by atoms with Crippen molar-refractivity contribution in [2.75, 3.05) is 6.61 Å². The van der Waals surface area contributed by atoms with E-state index in [0.717, 1.165) is 10.5 Å². The van der Waals surface area contributed by atoms with Crippen LogP contribution in [0, 0.1) is 11.3 Å². The van der Waals surface area contributed by atoms with Crippen molar-refractivity contribution in [3.8, 4) is 6.07 Å². The molecule has 0 saturated heterocycles. The Balaban J connectivity index is 2.97. The van der Waals surface area contributed by atoms with Crippen LogP contribution in [0.25, 0.3) is 0 Å². The molecule has 0 amide bonds. The summed E-state index contributed by atoms with van der Waals surface area (Å²) < 4.78 is 0. The molecule has 17 heavy (non-hydrogen) atoms. The van der Waals surface area contributed by atoms with Gasteiger partial charge in [-0.2, -0.15) is 5.26 Å². The molecule has 0 aliphatic carbocycles. The van der Waals surface area contributed by atoms with Gasteiger partial charge >= 0.3 is 0 Å². The summed E-state index contributed by atoms with van der Waals surface area (Å²) in [5, 5.41) is 27.7. The van der Waals surface area contributed by atoms with Gasteiger partial charge in [0.1, 0.15) is 0 Å². The summed E-state index contributed by atoms with van der Waals surface area (Å²) in [5.74, 6) is 0. The third kappa shape index (κ3) is 4.04. The van der Waals surface area contributed by atoms with E-state index in [0.29, 0.717) is 12.0 Å². The number of thioether (sulfide) groups is 1. The van der Waals surface area contributed by atoms with Crippen LogP contribution < -0.4 is 0 Å². The van der Waals surface area contributed by atoms with Crippen molar-refractivity contribution in [2.24, 2.45) is 0 Å². The summed E-state index contributed by atoms with van der Waals surface area (Å²) in [6.45, 7) is 3.88. The van der Waals surface area contributed by atoms with E-state index < -0.39 is 6.10 Å². The first kappa shape index (κ1) is 14.0. The lowest BCUT2D eigenvalue weighted by atomic mass is 10.1. The minimum Gasteiger partial charge on any atom is -0.396 e. The first-order valence-electron chi connectivity index (χ1n) is 5.58. The maximum Gasteiger partial charge on any atom is 0.0992 e. The number of aliphatic hydroxyl groups excluding tert-OH is 2. The summed E-state index contributed by atoms with van der Waals surface area (Å²) >= 11 is 1.58. The van der Waals surface area contributed by atoms with Crippen LogP contribution in [-0.2, 0) is 0 Å². The molecular weight excluding hydrogens is 234 g/mol. The molecule has 2 atom stereocenters. The smallest absolute Gasteiger partial charge is 0.0992 e. The van der Waals surface area contributed by atoms with Gasteiger partial charge in [0.25, 0.3) is 0 Å². The maximum atomic E-state index is 9.67. The third-order valence-electron chi connectivity index (χ3n) is 2.46. The fraction of sp³-hybridized carbons (Fsp3) is 0.462. The second-order valence-corrected chi connectivity index (χ2v) is 5.46. The van der Waals surface area contributed by atoms with Crippen LogP contribution in [0.2, 0.25) is 0 Å². The van der Waals surface area contributed by atoms with Crippen molar-refractivity contribution in [1.82, 2.24) is 0 Å². The lowest BCUT2D eigenvalue weighted by molar-refractivity contribution is 0.196. The molecule has 0 spiro atoms. The molecule has 0 aromatic heterocycles. The van der Waals surface area contributed by atoms with E-state index in [-0.39, 0.29) is 11.9 Å². The van der Waals surface area contributed by atoms with Crippen molar-refractivity contribution >= 4 is 11.8 Å². The van der Waals surface area contributed by atoms with Crippen molar-refractivity contribution in [3.63, 3.8) is 0 Å². The SMILES string of the molecule is CC(CCO)Sc1cc(C#N)ccc1[C@@H](C)O. The van der Waals surface area contributed by atoms with Gasteiger partial charge in [0.05, 0.1) is 17.7 Å². The van der Waals surface area contributed by atoms with Gasteiger partial charge in [-0.15, -0.1) is 11.8 Å². The van der Waals surface area contributed by atoms with E-state index in [9.17, 15) is 5.11 Å². The van der Waals surface area contributed by atoms with E-state index in [1.165, 1.54) is 0 Å². The monoisotopic (exact) mass is 251 g/mol. The molecular formula is C13H17NO2S. The van der Waals surface area contributed by atoms with Crippen LogP contribution in [0.3, 0.4) is 0 Å². The van der Waals surface area contributed by atoms with E-state index in [1.54, 1.807) is 36.9 Å². The molecule has 92 valence electrons. The Bertz CT molecular complexity index is 412. The van der Waals surface area contributed by atoms with E-state index in [2.05, 4.69) is 6.07 Å². The summed E-state index contributed by atoms with van der Waals surface area (Å²) in [6, 6.07) is 7.39. The van der Waals surface area contributed by atoms with Gasteiger partial charge in [0.15, 0.2) is 0 Å². The second kappa shape index (κ2) is 6.65. The van der Waals surface area contributed by atoms with Crippen LogP contribution in [0.15, 0.2) is 23.1 Å². The fourth-order valence-electron chi connectivity index (χ4n) is 1.51. The van der Waals surface area contributed by atoms with Gasteiger partial charge < -0.3 is 10.2 Å². The average Bonchev–Trinajstić information content (AvgIpc) is 2.28. The molecule has 0 heterocycles. The summed E-state index contributed by atoms with van der Waals surface area (Å²) in [5.41, 5.74) is 1.42. The van der Waals surface area contributed by atoms with E-state index in [4.69, 9.17) is 10.4 Å². The standard InChI is InChI=1S/C13H17NO2S/c1-9(5-6-15)17-13-7-11(8-14)3-4-12(13)10(2)16/h3-4,7,9-10,15-16H,5-6H2,1-2H3/t9?,10-/m1/s1. The van der Waals surface area contributed by atoms with Crippen molar-refractivity contribution < 1.29 is 10.2 Å². The molecule has 1 aromatic carbocycles. The van der Waals surface area contributed by atoms with Gasteiger partial charge in [-0.3, -0.25) is 0 Å². The van der Waals surface area contributed by atoms with Crippen molar-refractivity contribution in [3.05, 3.63) is 29.3 Å². The Morgan fingerprint density at radius 2 is 2.12 bits per heavy atom. The van der Waals surface area contributed by atoms with Gasteiger partial charge in [0.2, 0.25) is 0 Å². The summed E-state index contributed by atoms with van der Waals surface area (Å²) in [6.07, 6.45) is 0.146. The summed E-state index contributed by atoms with van der Waals surface area (Å²) in [7, 11) is 0. The normalized spacial score (nSPS) is 14.1. The molecule has 0 radical (unpaired) electrons. The topological polar surface area (TPSA) is 64.2 Å². The molecule has 0 saturated carbocycles. The first-order valence-corrected chi connectivity index (χ1v) is 6.46. The number of aliphatic hydroxyl groups is 2. The van der Waals surface area contributed by atoms with Crippen LogP contribution in [0.1, 0.15) is 37.5 Å². The van der Waals surface area contributed by atoms with E-state index in [1.807, 2.05) is 6.92 Å². The Kier molecular flexibility index (Phi) is 5.49. The number of rotatable bonds is 5. The van der Waals surface area contributed by atoms with Gasteiger partial charge in [-0.1, -0.05) is 13.0 Å². The molecule has 1 aromatic rings. The first-order chi connectivity index (χ1) is 8.08. The predicted octanol–water partition coefficient (Wildman–Crippen LogP) is 2.47. The van der Waals surface area contributed by atoms with Crippen LogP contribution in [0.5, 0.6) is 0 Å². The lowest BCUT2D eigenvalue weighted by Gasteiger charge is -2.15. The Morgan fingerprint density at radius 3 is 2.65 bits per heavy atom. The highest BCUT2D eigenvalue weighted by atomic mass is 32.2. The number of hydrogen-bond acceptors (Lipinski definition) is 4. The fourth-order valence-corrected chi connectivity index (χ4v) is 2.74. The average molecular weight is 251 g/mol. The molecule has 0 bridgehead atoms. The highest BCUT2D eigenvalue weighted by molar-refractivity contribution is 8.00. The molecule has 2 N–H and O–H groups in total. The summed E-state index contributed by atoms with van der Waals surface area (Å²) in [4.78, 5) is 0.917. The number of benzene rings is 1. The number of hydrogen-bond donors (Lipinski definition) is 2. The molecule has 1 unspecified atom stereocenters. The van der Waals surface area contributed by atoms with E-state index >= 15 is 0 Å². The van der Waals surface area contributed by atoms with Crippen molar-refractivity contribution in [2.45, 2.75) is 36.5 Å². The molecule has 3 nitrogen and oxygen atoms in total. The minimum absolute atomic E-state index is 0.149. The van der Waals surface area contributed by atoms with Crippen LogP contribution in [-0.4, -0.2) is 22.1 Å². The highest BCUT2D eigenvalue weighted by Crippen LogP contribution is 2.32.